The van der Waals surface area contributed by atoms with Crippen molar-refractivity contribution in [1.82, 2.24) is 0 Å². The molecule has 2 aliphatic rings. The van der Waals surface area contributed by atoms with Crippen molar-refractivity contribution in [3.8, 4) is 0 Å². The van der Waals surface area contributed by atoms with E-state index in [2.05, 4.69) is 0 Å². The highest BCUT2D eigenvalue weighted by Crippen LogP contribution is 2.42. The maximum Gasteiger partial charge on any atom is 0.190 e. The lowest BCUT2D eigenvalue weighted by molar-refractivity contribution is -0.257. The summed E-state index contributed by atoms with van der Waals surface area (Å²) >= 11 is 0. The molecule has 3 atom stereocenters. The fraction of sp³-hybridized carbons (Fsp3) is 1.00. The molecule has 0 saturated carbocycles. The summed E-state index contributed by atoms with van der Waals surface area (Å²) in [5.41, 5.74) is -1.28. The molecule has 0 radical (unpaired) electrons. The first-order chi connectivity index (χ1) is 7.48. The number of nitrogens with two attached hydrogens (primary N) is 1. The van der Waals surface area contributed by atoms with Crippen molar-refractivity contribution in [3.63, 3.8) is 0 Å². The lowest BCUT2D eigenvalue weighted by atomic mass is 9.97. The molecular formula is C9H17NO6. The first kappa shape index (κ1) is 12.2. The van der Waals surface area contributed by atoms with Crippen LogP contribution in [0.4, 0.5) is 0 Å². The molecule has 0 aliphatic carbocycles. The van der Waals surface area contributed by atoms with Crippen LogP contribution in [0.15, 0.2) is 0 Å². The number of hydrogen-bond acceptors (Lipinski definition) is 7. The van der Waals surface area contributed by atoms with Crippen LogP contribution >= 0.6 is 0 Å². The molecule has 3 unspecified atom stereocenters. The van der Waals surface area contributed by atoms with Gasteiger partial charge in [0.15, 0.2) is 12.1 Å². The molecule has 0 bridgehead atoms. The molecule has 94 valence electrons. The Hall–Kier alpha value is -0.280. The summed E-state index contributed by atoms with van der Waals surface area (Å²) in [6.07, 6.45) is -2.02. The van der Waals surface area contributed by atoms with Crippen molar-refractivity contribution < 1.29 is 29.3 Å². The van der Waals surface area contributed by atoms with Crippen LogP contribution in [0.3, 0.4) is 0 Å². The molecule has 16 heavy (non-hydrogen) atoms. The van der Waals surface area contributed by atoms with Gasteiger partial charge >= 0.3 is 0 Å². The van der Waals surface area contributed by atoms with Gasteiger partial charge in [-0.25, -0.2) is 5.90 Å². The molecule has 2 saturated heterocycles. The van der Waals surface area contributed by atoms with Crippen LogP contribution in [0.5, 0.6) is 0 Å². The minimum absolute atomic E-state index is 0.425. The Kier molecular flexibility index (Phi) is 2.96. The first-order valence-corrected chi connectivity index (χ1v) is 5.09. The van der Waals surface area contributed by atoms with Crippen LogP contribution < -0.4 is 5.90 Å². The van der Waals surface area contributed by atoms with Gasteiger partial charge in [0.05, 0.1) is 13.2 Å². The Balaban J connectivity index is 2.21. The Morgan fingerprint density at radius 3 is 2.31 bits per heavy atom. The second-order valence-electron chi connectivity index (χ2n) is 4.52. The van der Waals surface area contributed by atoms with E-state index in [-0.39, 0.29) is 0 Å². The Labute approximate surface area is 93.0 Å². The van der Waals surface area contributed by atoms with E-state index >= 15 is 0 Å². The number of rotatable bonds is 3. The highest BCUT2D eigenvalue weighted by atomic mass is 16.9. The van der Waals surface area contributed by atoms with E-state index in [1.165, 1.54) is 0 Å². The van der Waals surface area contributed by atoms with Crippen LogP contribution in [0, 0.1) is 0 Å². The van der Waals surface area contributed by atoms with Crippen LogP contribution in [0.25, 0.3) is 0 Å². The fourth-order valence-electron chi connectivity index (χ4n) is 2.16. The zero-order valence-electron chi connectivity index (χ0n) is 9.25. The predicted molar refractivity (Wildman–Crippen MR) is 50.9 cm³/mol. The van der Waals surface area contributed by atoms with E-state index in [1.807, 2.05) is 0 Å². The second-order valence-corrected chi connectivity index (χ2v) is 4.52. The van der Waals surface area contributed by atoms with Crippen LogP contribution in [0.1, 0.15) is 13.8 Å². The summed E-state index contributed by atoms with van der Waals surface area (Å²) in [5, 5.41) is 18.5. The number of aliphatic hydroxyl groups is 2. The number of hydrogen-bond donors (Lipinski definition) is 3. The maximum atomic E-state index is 9.27. The van der Waals surface area contributed by atoms with Crippen molar-refractivity contribution >= 4 is 0 Å². The van der Waals surface area contributed by atoms with E-state index in [0.29, 0.717) is 0 Å². The highest BCUT2D eigenvalue weighted by Gasteiger charge is 2.62. The van der Waals surface area contributed by atoms with Gasteiger partial charge in [-0.05, 0) is 13.8 Å². The van der Waals surface area contributed by atoms with Gasteiger partial charge in [0.2, 0.25) is 0 Å². The molecule has 2 heterocycles. The van der Waals surface area contributed by atoms with Gasteiger partial charge < -0.3 is 24.4 Å². The molecule has 0 spiro atoms. The van der Waals surface area contributed by atoms with Crippen molar-refractivity contribution in [2.45, 2.75) is 43.7 Å². The van der Waals surface area contributed by atoms with Gasteiger partial charge in [-0.1, -0.05) is 0 Å². The zero-order valence-corrected chi connectivity index (χ0v) is 9.25. The molecule has 7 nitrogen and oxygen atoms in total. The van der Waals surface area contributed by atoms with E-state index in [9.17, 15) is 10.2 Å². The summed E-state index contributed by atoms with van der Waals surface area (Å²) in [4.78, 5) is 4.77. The molecule has 0 aromatic rings. The van der Waals surface area contributed by atoms with E-state index in [1.54, 1.807) is 13.8 Å². The molecule has 0 aromatic carbocycles. The van der Waals surface area contributed by atoms with Gasteiger partial charge in [0, 0.05) is 0 Å². The molecule has 7 heteroatoms. The van der Waals surface area contributed by atoms with Gasteiger partial charge in [0.1, 0.15) is 17.8 Å². The van der Waals surface area contributed by atoms with Crippen LogP contribution in [-0.4, -0.2) is 53.3 Å². The van der Waals surface area contributed by atoms with Crippen molar-refractivity contribution in [2.75, 3.05) is 13.2 Å². The maximum absolute atomic E-state index is 9.27. The Morgan fingerprint density at radius 1 is 1.19 bits per heavy atom. The average molecular weight is 235 g/mol. The summed E-state index contributed by atoms with van der Waals surface area (Å²) in [6, 6.07) is 0. The largest absolute Gasteiger partial charge is 0.393 e. The first-order valence-electron chi connectivity index (χ1n) is 5.09. The van der Waals surface area contributed by atoms with E-state index < -0.39 is 43.1 Å². The summed E-state index contributed by atoms with van der Waals surface area (Å²) in [7, 11) is 0. The monoisotopic (exact) mass is 235 g/mol. The molecular weight excluding hydrogens is 218 g/mol. The van der Waals surface area contributed by atoms with Gasteiger partial charge in [-0.2, -0.15) is 0 Å². The van der Waals surface area contributed by atoms with Crippen molar-refractivity contribution in [3.05, 3.63) is 0 Å². The summed E-state index contributed by atoms with van der Waals surface area (Å²) in [5.74, 6) is 4.38. The Bertz CT molecular complexity index is 267. The second kappa shape index (κ2) is 3.88. The lowest BCUT2D eigenvalue weighted by Gasteiger charge is -2.32. The molecule has 0 aromatic heterocycles. The third kappa shape index (κ3) is 1.65. The highest BCUT2D eigenvalue weighted by molar-refractivity contribution is 5.03. The zero-order chi connectivity index (χ0) is 12.0. The normalized spacial score (nSPS) is 39.9. The predicted octanol–water partition coefficient (Wildman–Crippen LogP) is -1.52. The topological polar surface area (TPSA) is 103 Å². The van der Waals surface area contributed by atoms with E-state index in [0.717, 1.165) is 0 Å². The molecule has 2 aliphatic heterocycles. The number of ether oxygens (including phenoxy) is 3. The standard InChI is InChI=1S/C9H17NO6/c1-8(2)13-5-6(16-10)9(3-11,4-12)15-7(5)14-8/h5-7,11-12H,3-4,10H2,1-2H3. The molecule has 2 fully saturated rings. The minimum atomic E-state index is -1.28. The lowest BCUT2D eigenvalue weighted by Crippen LogP contribution is -2.53. The number of aliphatic hydroxyl groups excluding tert-OH is 2. The van der Waals surface area contributed by atoms with E-state index in [4.69, 9.17) is 24.9 Å². The smallest absolute Gasteiger partial charge is 0.190 e. The van der Waals surface area contributed by atoms with Crippen molar-refractivity contribution in [1.29, 1.82) is 0 Å². The number of fused-ring (bicyclic) bond motifs is 1. The third-order valence-electron chi connectivity index (χ3n) is 2.94. The van der Waals surface area contributed by atoms with Crippen molar-refractivity contribution in [2.24, 2.45) is 5.90 Å². The Morgan fingerprint density at radius 2 is 1.81 bits per heavy atom. The minimum Gasteiger partial charge on any atom is -0.393 e. The fourth-order valence-corrected chi connectivity index (χ4v) is 2.16. The van der Waals surface area contributed by atoms with Gasteiger partial charge in [0.25, 0.3) is 0 Å². The third-order valence-corrected chi connectivity index (χ3v) is 2.94. The van der Waals surface area contributed by atoms with Crippen LogP contribution in [-0.2, 0) is 19.0 Å². The summed E-state index contributed by atoms with van der Waals surface area (Å²) < 4.78 is 16.5. The molecule has 2 rings (SSSR count). The van der Waals surface area contributed by atoms with Crippen LogP contribution in [0.2, 0.25) is 0 Å². The summed E-state index contributed by atoms with van der Waals surface area (Å²) in [6.45, 7) is 2.63. The van der Waals surface area contributed by atoms with Gasteiger partial charge in [-0.3, -0.25) is 4.84 Å². The SMILES string of the molecule is CC1(C)OC2OC(CO)(CO)C(ON)C2O1. The quantitative estimate of drug-likeness (QED) is 0.510. The average Bonchev–Trinajstić information content (AvgIpc) is 2.66. The molecule has 0 amide bonds. The van der Waals surface area contributed by atoms with Gasteiger partial charge in [-0.15, -0.1) is 0 Å². The molecule has 4 N–H and O–H groups in total.